The molecule has 3 amide bonds. The Balaban J connectivity index is 2.16. The van der Waals surface area contributed by atoms with E-state index in [0.29, 0.717) is 4.31 Å². The molecule has 2 aromatic rings. The number of pyridine rings is 1. The Morgan fingerprint density at radius 2 is 1.96 bits per heavy atom. The molecule has 0 atom stereocenters. The van der Waals surface area contributed by atoms with Crippen molar-refractivity contribution in [2.45, 2.75) is 4.90 Å². The Morgan fingerprint density at radius 3 is 2.62 bits per heavy atom. The molecule has 3 rings (SSSR count). The van der Waals surface area contributed by atoms with Crippen molar-refractivity contribution in [2.24, 2.45) is 0 Å². The quantitative estimate of drug-likeness (QED) is 0.835. The molecule has 2 N–H and O–H groups in total. The molecule has 0 fully saturated rings. The summed E-state index contributed by atoms with van der Waals surface area (Å²) in [5.74, 6) is -0.311. The number of hydrogen-bond donors (Lipinski definition) is 2. The summed E-state index contributed by atoms with van der Waals surface area (Å²) in [7, 11) is -1.68. The van der Waals surface area contributed by atoms with Gasteiger partial charge >= 0.3 is 12.1 Å². The zero-order valence-corrected chi connectivity index (χ0v) is 14.5. The minimum atomic E-state index is -4.22. The highest BCUT2D eigenvalue weighted by Crippen LogP contribution is 2.35. The highest BCUT2D eigenvalue weighted by atomic mass is 32.2. The van der Waals surface area contributed by atoms with Gasteiger partial charge in [-0.05, 0) is 24.3 Å². The second-order valence-corrected chi connectivity index (χ2v) is 6.99. The average Bonchev–Trinajstić information content (AvgIpc) is 2.60. The maximum atomic E-state index is 12.8. The van der Waals surface area contributed by atoms with Crippen molar-refractivity contribution in [1.29, 1.82) is 0 Å². The van der Waals surface area contributed by atoms with Crippen molar-refractivity contribution in [1.82, 2.24) is 4.98 Å². The molecule has 0 aliphatic carbocycles. The van der Waals surface area contributed by atoms with Gasteiger partial charge in [0.1, 0.15) is 4.90 Å². The molecule has 0 saturated heterocycles. The second-order valence-electron chi connectivity index (χ2n) is 5.23. The number of nitrogens with one attached hydrogen (secondary N) is 1. The number of sulfonamides is 1. The standard InChI is InChI=1S/C15H14N4O6S/c1-18(15(21)22)13-10(25-2)7-8-12(17-13)19-14(20)16-9-5-3-4-6-11(9)26(19,23)24/h3-8H,1-2H3,(H,16,20)(H,21,22). The first-order chi connectivity index (χ1) is 12.3. The molecule has 2 heterocycles. The summed E-state index contributed by atoms with van der Waals surface area (Å²) in [5.41, 5.74) is 0.158. The number of amides is 3. The van der Waals surface area contributed by atoms with E-state index in [0.717, 1.165) is 4.90 Å². The largest absolute Gasteiger partial charge is 0.493 e. The number of carbonyl (C=O) groups is 2. The van der Waals surface area contributed by atoms with Crippen LogP contribution in [-0.4, -0.2) is 44.8 Å². The highest BCUT2D eigenvalue weighted by Gasteiger charge is 2.39. The van der Waals surface area contributed by atoms with E-state index >= 15 is 0 Å². The molecule has 0 radical (unpaired) electrons. The van der Waals surface area contributed by atoms with E-state index in [1.54, 1.807) is 6.07 Å². The summed E-state index contributed by atoms with van der Waals surface area (Å²) in [5, 5.41) is 11.6. The van der Waals surface area contributed by atoms with Crippen molar-refractivity contribution in [3.05, 3.63) is 36.4 Å². The average molecular weight is 378 g/mol. The van der Waals surface area contributed by atoms with Crippen LogP contribution in [0.2, 0.25) is 0 Å². The van der Waals surface area contributed by atoms with Crippen molar-refractivity contribution in [2.75, 3.05) is 28.7 Å². The Labute approximate surface area is 148 Å². The van der Waals surface area contributed by atoms with Gasteiger partial charge in [0.2, 0.25) is 0 Å². The summed E-state index contributed by atoms with van der Waals surface area (Å²) in [4.78, 5) is 28.3. The molecule has 136 valence electrons. The Kier molecular flexibility index (Phi) is 4.16. The topological polar surface area (TPSA) is 129 Å². The Morgan fingerprint density at radius 1 is 1.27 bits per heavy atom. The predicted molar refractivity (Wildman–Crippen MR) is 92.3 cm³/mol. The number of aromatic nitrogens is 1. The third kappa shape index (κ3) is 2.67. The first-order valence-electron chi connectivity index (χ1n) is 7.24. The molecule has 1 aromatic carbocycles. The van der Waals surface area contributed by atoms with Crippen LogP contribution in [0.15, 0.2) is 41.3 Å². The molecule has 0 spiro atoms. The second kappa shape index (κ2) is 6.19. The van der Waals surface area contributed by atoms with E-state index in [4.69, 9.17) is 9.84 Å². The monoisotopic (exact) mass is 378 g/mol. The molecule has 0 bridgehead atoms. The van der Waals surface area contributed by atoms with Crippen LogP contribution in [0.25, 0.3) is 0 Å². The van der Waals surface area contributed by atoms with Gasteiger partial charge in [0.15, 0.2) is 17.4 Å². The molecule has 11 heteroatoms. The van der Waals surface area contributed by atoms with Gasteiger partial charge in [-0.25, -0.2) is 23.0 Å². The SMILES string of the molecule is COc1ccc(N2C(=O)Nc3ccccc3S2(=O)=O)nc1N(C)C(=O)O. The number of para-hydroxylation sites is 1. The maximum Gasteiger partial charge on any atom is 0.412 e. The van der Waals surface area contributed by atoms with Gasteiger partial charge in [-0.2, -0.15) is 4.31 Å². The zero-order chi connectivity index (χ0) is 19.1. The van der Waals surface area contributed by atoms with Gasteiger partial charge in [-0.3, -0.25) is 4.90 Å². The predicted octanol–water partition coefficient (Wildman–Crippen LogP) is 1.95. The number of carboxylic acid groups (broad SMARTS) is 1. The summed E-state index contributed by atoms with van der Waals surface area (Å²) < 4.78 is 31.2. The van der Waals surface area contributed by atoms with Crippen molar-refractivity contribution >= 4 is 39.5 Å². The highest BCUT2D eigenvalue weighted by molar-refractivity contribution is 7.94. The van der Waals surface area contributed by atoms with Crippen molar-refractivity contribution < 1.29 is 27.9 Å². The van der Waals surface area contributed by atoms with E-state index in [-0.39, 0.29) is 28.0 Å². The molecule has 1 aromatic heterocycles. The van der Waals surface area contributed by atoms with Crippen LogP contribution in [0, 0.1) is 0 Å². The Bertz CT molecular complexity index is 1010. The van der Waals surface area contributed by atoms with Gasteiger partial charge in [0.05, 0.1) is 12.8 Å². The van der Waals surface area contributed by atoms with E-state index in [1.165, 1.54) is 44.5 Å². The lowest BCUT2D eigenvalue weighted by molar-refractivity contribution is 0.203. The van der Waals surface area contributed by atoms with Gasteiger partial charge < -0.3 is 15.2 Å². The van der Waals surface area contributed by atoms with Crippen LogP contribution in [0.4, 0.5) is 26.9 Å². The maximum absolute atomic E-state index is 12.8. The number of benzene rings is 1. The molecule has 1 aliphatic heterocycles. The lowest BCUT2D eigenvalue weighted by atomic mass is 10.3. The van der Waals surface area contributed by atoms with Gasteiger partial charge in [-0.15, -0.1) is 0 Å². The van der Waals surface area contributed by atoms with Gasteiger partial charge in [-0.1, -0.05) is 12.1 Å². The number of methoxy groups -OCH3 is 1. The Hall–Kier alpha value is -3.34. The molecule has 0 saturated carbocycles. The van der Waals surface area contributed by atoms with Gasteiger partial charge in [0.25, 0.3) is 10.0 Å². The van der Waals surface area contributed by atoms with E-state index in [1.807, 2.05) is 0 Å². The van der Waals surface area contributed by atoms with Gasteiger partial charge in [0, 0.05) is 7.05 Å². The van der Waals surface area contributed by atoms with E-state index in [2.05, 4.69) is 10.3 Å². The lowest BCUT2D eigenvalue weighted by Crippen LogP contribution is -2.44. The smallest absolute Gasteiger partial charge is 0.412 e. The number of carbonyl (C=O) groups excluding carboxylic acids is 1. The number of hydrogen-bond acceptors (Lipinski definition) is 6. The van der Waals surface area contributed by atoms with Crippen LogP contribution in [0.1, 0.15) is 0 Å². The molecule has 10 nitrogen and oxygen atoms in total. The van der Waals surface area contributed by atoms with E-state index < -0.39 is 22.1 Å². The number of fused-ring (bicyclic) bond motifs is 1. The van der Waals surface area contributed by atoms with E-state index in [9.17, 15) is 18.0 Å². The molecular weight excluding hydrogens is 364 g/mol. The molecule has 26 heavy (non-hydrogen) atoms. The fourth-order valence-corrected chi connectivity index (χ4v) is 3.88. The summed E-state index contributed by atoms with van der Waals surface area (Å²) >= 11 is 0. The third-order valence-corrected chi connectivity index (χ3v) is 5.43. The normalized spacial score (nSPS) is 15.0. The molecule has 0 unspecified atom stereocenters. The summed E-state index contributed by atoms with van der Waals surface area (Å²) in [6.45, 7) is 0. The van der Waals surface area contributed by atoms with Crippen LogP contribution in [0.5, 0.6) is 5.75 Å². The number of urea groups is 1. The fourth-order valence-electron chi connectivity index (χ4n) is 2.42. The third-order valence-electron chi connectivity index (χ3n) is 3.69. The van der Waals surface area contributed by atoms with Crippen molar-refractivity contribution in [3.8, 4) is 5.75 Å². The van der Waals surface area contributed by atoms with Crippen molar-refractivity contribution in [3.63, 3.8) is 0 Å². The molecular formula is C15H14N4O6S. The lowest BCUT2D eigenvalue weighted by Gasteiger charge is -2.28. The minimum Gasteiger partial charge on any atom is -0.493 e. The number of ether oxygens (including phenoxy) is 1. The number of rotatable bonds is 3. The first-order valence-corrected chi connectivity index (χ1v) is 8.68. The minimum absolute atomic E-state index is 0.0923. The van der Waals surface area contributed by atoms with Crippen LogP contribution in [0.3, 0.4) is 0 Å². The van der Waals surface area contributed by atoms with Crippen LogP contribution < -0.4 is 19.3 Å². The molecule has 1 aliphatic rings. The fraction of sp³-hybridized carbons (Fsp3) is 0.133. The summed E-state index contributed by atoms with van der Waals surface area (Å²) in [6, 6.07) is 7.60. The zero-order valence-electron chi connectivity index (χ0n) is 13.7. The van der Waals surface area contributed by atoms with Crippen LogP contribution >= 0.6 is 0 Å². The van der Waals surface area contributed by atoms with Crippen LogP contribution in [-0.2, 0) is 10.0 Å². The summed E-state index contributed by atoms with van der Waals surface area (Å²) in [6.07, 6.45) is -1.33. The number of anilines is 3. The first kappa shape index (κ1) is 17.5. The number of nitrogens with zero attached hydrogens (tertiary/aromatic N) is 3.